The minimum absolute atomic E-state index is 0.0647. The second-order valence-corrected chi connectivity index (χ2v) is 5.79. The van der Waals surface area contributed by atoms with Gasteiger partial charge in [-0.25, -0.2) is 4.79 Å². The maximum Gasteiger partial charge on any atom is 0.341 e. The van der Waals surface area contributed by atoms with Gasteiger partial charge < -0.3 is 14.1 Å². The first-order valence-corrected chi connectivity index (χ1v) is 7.83. The summed E-state index contributed by atoms with van der Waals surface area (Å²) in [7, 11) is 3.20. The molecule has 6 heteroatoms. The van der Waals surface area contributed by atoms with Crippen LogP contribution in [-0.2, 0) is 16.1 Å². The van der Waals surface area contributed by atoms with Crippen molar-refractivity contribution in [2.45, 2.75) is 19.0 Å². The molecule has 1 aromatic heterocycles. The monoisotopic (exact) mass is 328 g/mol. The average Bonchev–Trinajstić information content (AvgIpc) is 3.21. The lowest BCUT2D eigenvalue weighted by Crippen LogP contribution is -2.39. The van der Waals surface area contributed by atoms with Gasteiger partial charge in [0.1, 0.15) is 11.3 Å². The van der Waals surface area contributed by atoms with Gasteiger partial charge in [-0.15, -0.1) is 0 Å². The first-order valence-electron chi connectivity index (χ1n) is 7.83. The largest absolute Gasteiger partial charge is 0.467 e. The fourth-order valence-corrected chi connectivity index (χ4v) is 3.03. The average molecular weight is 328 g/mol. The topological polar surface area (TPSA) is 63.0 Å². The van der Waals surface area contributed by atoms with Crippen molar-refractivity contribution in [3.63, 3.8) is 0 Å². The number of methoxy groups -OCH3 is 1. The van der Waals surface area contributed by atoms with Crippen molar-refractivity contribution >= 4 is 17.6 Å². The van der Waals surface area contributed by atoms with E-state index in [1.807, 2.05) is 42.3 Å². The number of furan rings is 1. The summed E-state index contributed by atoms with van der Waals surface area (Å²) < 4.78 is 10.1. The number of hydrogen-bond acceptors (Lipinski definition) is 5. The molecule has 0 spiro atoms. The second-order valence-electron chi connectivity index (χ2n) is 5.79. The molecule has 1 atom stereocenters. The minimum atomic E-state index is -0.434. The van der Waals surface area contributed by atoms with Crippen LogP contribution in [0.3, 0.4) is 0 Å². The van der Waals surface area contributed by atoms with Crippen LogP contribution in [0.2, 0.25) is 0 Å². The van der Waals surface area contributed by atoms with E-state index in [4.69, 9.17) is 9.15 Å². The Morgan fingerprint density at radius 3 is 2.79 bits per heavy atom. The zero-order chi connectivity index (χ0) is 17.1. The normalized spacial score (nSPS) is 17.5. The number of esters is 1. The molecule has 1 aliphatic heterocycles. The van der Waals surface area contributed by atoms with E-state index in [1.54, 1.807) is 11.0 Å². The molecule has 0 radical (unpaired) electrons. The molecule has 3 rings (SSSR count). The summed E-state index contributed by atoms with van der Waals surface area (Å²) >= 11 is 0. The molecular formula is C18H20N2O4. The van der Waals surface area contributed by atoms with E-state index in [2.05, 4.69) is 0 Å². The Labute approximate surface area is 140 Å². The van der Waals surface area contributed by atoms with E-state index in [1.165, 1.54) is 13.4 Å². The maximum atomic E-state index is 12.7. The Balaban J connectivity index is 1.71. The Morgan fingerprint density at radius 1 is 1.33 bits per heavy atom. The van der Waals surface area contributed by atoms with Gasteiger partial charge in [0.25, 0.3) is 0 Å². The van der Waals surface area contributed by atoms with Crippen molar-refractivity contribution in [3.8, 4) is 0 Å². The first-order chi connectivity index (χ1) is 11.6. The molecule has 6 nitrogen and oxygen atoms in total. The molecule has 1 saturated heterocycles. The Hall–Kier alpha value is -2.60. The second kappa shape index (κ2) is 6.88. The highest BCUT2D eigenvalue weighted by Gasteiger charge is 2.35. The molecule has 126 valence electrons. The number of amides is 1. The minimum Gasteiger partial charge on any atom is -0.467 e. The smallest absolute Gasteiger partial charge is 0.341 e. The number of likely N-dealkylation sites (N-methyl/N-ethyl adjacent to an activating group) is 1. The van der Waals surface area contributed by atoms with E-state index in [0.29, 0.717) is 24.4 Å². The number of anilines is 1. The molecule has 1 aliphatic rings. The summed E-state index contributed by atoms with van der Waals surface area (Å²) in [6.07, 6.45) is 2.20. The standard InChI is InChI=1S/C18H20N2O4/c1-19(12-16-14(9-11-24-16)18(22)23-2)15-8-10-20(17(15)21)13-6-4-3-5-7-13/h3-7,9,11,15H,8,10,12H2,1-2H3/t15-/m0/s1. The number of hydrogen-bond donors (Lipinski definition) is 0. The van der Waals surface area contributed by atoms with E-state index in [9.17, 15) is 9.59 Å². The Bertz CT molecular complexity index is 726. The molecule has 2 heterocycles. The molecule has 0 unspecified atom stereocenters. The molecule has 1 fully saturated rings. The summed E-state index contributed by atoms with van der Waals surface area (Å²) in [6, 6.07) is 11.0. The van der Waals surface area contributed by atoms with E-state index < -0.39 is 5.97 Å². The third-order valence-corrected chi connectivity index (χ3v) is 4.32. The van der Waals surface area contributed by atoms with Crippen LogP contribution in [0.5, 0.6) is 0 Å². The number of benzene rings is 1. The van der Waals surface area contributed by atoms with Crippen molar-refractivity contribution in [2.75, 3.05) is 25.6 Å². The van der Waals surface area contributed by atoms with Crippen molar-refractivity contribution in [1.29, 1.82) is 0 Å². The lowest BCUT2D eigenvalue weighted by atomic mass is 10.2. The molecule has 0 saturated carbocycles. The quantitative estimate of drug-likeness (QED) is 0.788. The third-order valence-electron chi connectivity index (χ3n) is 4.32. The van der Waals surface area contributed by atoms with Crippen molar-refractivity contribution < 1.29 is 18.7 Å². The number of para-hydroxylation sites is 1. The summed E-state index contributed by atoms with van der Waals surface area (Å²) in [5.41, 5.74) is 1.31. The Kier molecular flexibility index (Phi) is 4.66. The number of nitrogens with zero attached hydrogens (tertiary/aromatic N) is 2. The summed E-state index contributed by atoms with van der Waals surface area (Å²) in [4.78, 5) is 28.1. The van der Waals surface area contributed by atoms with Gasteiger partial charge in [0.15, 0.2) is 0 Å². The van der Waals surface area contributed by atoms with Gasteiger partial charge in [0, 0.05) is 12.2 Å². The number of rotatable bonds is 5. The molecule has 0 aliphatic carbocycles. The summed E-state index contributed by atoms with van der Waals surface area (Å²) in [6.45, 7) is 1.05. The maximum absolute atomic E-state index is 12.7. The third kappa shape index (κ3) is 3.05. The molecule has 1 amide bonds. The number of ether oxygens (including phenoxy) is 1. The van der Waals surface area contributed by atoms with Crippen LogP contribution in [-0.4, -0.2) is 43.5 Å². The number of carbonyl (C=O) groups is 2. The fraction of sp³-hybridized carbons (Fsp3) is 0.333. The van der Waals surface area contributed by atoms with E-state index in [-0.39, 0.29) is 11.9 Å². The highest BCUT2D eigenvalue weighted by molar-refractivity contribution is 5.99. The zero-order valence-electron chi connectivity index (χ0n) is 13.8. The van der Waals surface area contributed by atoms with Crippen LogP contribution >= 0.6 is 0 Å². The van der Waals surface area contributed by atoms with Crippen LogP contribution in [0, 0.1) is 0 Å². The van der Waals surface area contributed by atoms with Crippen LogP contribution in [0.25, 0.3) is 0 Å². The van der Waals surface area contributed by atoms with Gasteiger partial charge >= 0.3 is 5.97 Å². The SMILES string of the molecule is COC(=O)c1ccoc1CN(C)[C@H]1CCN(c2ccccc2)C1=O. The summed E-state index contributed by atoms with van der Waals surface area (Å²) in [5, 5.41) is 0. The molecule has 2 aromatic rings. The molecule has 0 N–H and O–H groups in total. The molecule has 1 aromatic carbocycles. The highest BCUT2D eigenvalue weighted by Crippen LogP contribution is 2.25. The lowest BCUT2D eigenvalue weighted by molar-refractivity contribution is -0.121. The fourth-order valence-electron chi connectivity index (χ4n) is 3.03. The van der Waals surface area contributed by atoms with Crippen molar-refractivity contribution in [1.82, 2.24) is 4.90 Å². The predicted octanol–water partition coefficient (Wildman–Crippen LogP) is 2.30. The molecule has 24 heavy (non-hydrogen) atoms. The highest BCUT2D eigenvalue weighted by atomic mass is 16.5. The molecule has 0 bridgehead atoms. The van der Waals surface area contributed by atoms with Crippen LogP contribution in [0.1, 0.15) is 22.5 Å². The van der Waals surface area contributed by atoms with Gasteiger partial charge in [0.05, 0.1) is 26.0 Å². The van der Waals surface area contributed by atoms with E-state index >= 15 is 0 Å². The van der Waals surface area contributed by atoms with Crippen LogP contribution in [0.4, 0.5) is 5.69 Å². The Morgan fingerprint density at radius 2 is 2.08 bits per heavy atom. The van der Waals surface area contributed by atoms with Gasteiger partial charge in [-0.2, -0.15) is 0 Å². The van der Waals surface area contributed by atoms with Crippen LogP contribution < -0.4 is 4.90 Å². The lowest BCUT2D eigenvalue weighted by Gasteiger charge is -2.23. The number of carbonyl (C=O) groups excluding carboxylic acids is 2. The van der Waals surface area contributed by atoms with E-state index in [0.717, 1.165) is 12.1 Å². The van der Waals surface area contributed by atoms with Gasteiger partial charge in [-0.05, 0) is 31.7 Å². The van der Waals surface area contributed by atoms with Gasteiger partial charge in [0.2, 0.25) is 5.91 Å². The summed E-state index contributed by atoms with van der Waals surface area (Å²) in [5.74, 6) is 0.140. The molecular weight excluding hydrogens is 308 g/mol. The van der Waals surface area contributed by atoms with Crippen LogP contribution in [0.15, 0.2) is 47.1 Å². The van der Waals surface area contributed by atoms with Gasteiger partial charge in [-0.3, -0.25) is 9.69 Å². The van der Waals surface area contributed by atoms with Gasteiger partial charge in [-0.1, -0.05) is 18.2 Å². The van der Waals surface area contributed by atoms with Crippen molar-refractivity contribution in [2.24, 2.45) is 0 Å². The first kappa shape index (κ1) is 16.3. The van der Waals surface area contributed by atoms with Crippen molar-refractivity contribution in [3.05, 3.63) is 54.0 Å². The predicted molar refractivity (Wildman–Crippen MR) is 88.7 cm³/mol. The zero-order valence-corrected chi connectivity index (χ0v) is 13.8.